The normalized spacial score (nSPS) is 15.0. The van der Waals surface area contributed by atoms with Gasteiger partial charge in [-0.3, -0.25) is 11.3 Å². The van der Waals surface area contributed by atoms with Crippen LogP contribution in [0.5, 0.6) is 0 Å². The third kappa shape index (κ3) is 4.38. The van der Waals surface area contributed by atoms with Crippen LogP contribution >= 0.6 is 0 Å². The first-order valence-corrected chi connectivity index (χ1v) is 6.91. The topological polar surface area (TPSA) is 68.8 Å². The average Bonchev–Trinajstić information content (AvgIpc) is 2.72. The molecule has 0 amide bonds. The van der Waals surface area contributed by atoms with E-state index in [1.807, 2.05) is 4.68 Å². The molecule has 2 atom stereocenters. The molecular formula is C13H27N5. The summed E-state index contributed by atoms with van der Waals surface area (Å²) in [4.78, 5) is 4.36. The number of aromatic nitrogens is 3. The van der Waals surface area contributed by atoms with Crippen molar-refractivity contribution in [1.29, 1.82) is 0 Å². The molecule has 5 nitrogen and oxygen atoms in total. The van der Waals surface area contributed by atoms with Crippen molar-refractivity contribution in [1.82, 2.24) is 20.2 Å². The molecule has 0 spiro atoms. The number of nitrogens with one attached hydrogen (secondary N) is 1. The number of hydrogen-bond acceptors (Lipinski definition) is 4. The zero-order valence-corrected chi connectivity index (χ0v) is 12.1. The van der Waals surface area contributed by atoms with Gasteiger partial charge < -0.3 is 0 Å². The summed E-state index contributed by atoms with van der Waals surface area (Å²) in [6.07, 6.45) is 4.82. The van der Waals surface area contributed by atoms with Crippen LogP contribution in [-0.2, 0) is 13.0 Å². The summed E-state index contributed by atoms with van der Waals surface area (Å²) in [6.45, 7) is 9.71. The molecule has 2 unspecified atom stereocenters. The Balaban J connectivity index is 2.66. The van der Waals surface area contributed by atoms with Gasteiger partial charge in [0.2, 0.25) is 0 Å². The van der Waals surface area contributed by atoms with Crippen LogP contribution < -0.4 is 11.3 Å². The van der Waals surface area contributed by atoms with Gasteiger partial charge >= 0.3 is 0 Å². The number of hydrazine groups is 1. The van der Waals surface area contributed by atoms with Crippen LogP contribution in [0.2, 0.25) is 0 Å². The zero-order chi connectivity index (χ0) is 13.5. The Morgan fingerprint density at radius 2 is 2.11 bits per heavy atom. The van der Waals surface area contributed by atoms with Crippen molar-refractivity contribution in [3.05, 3.63) is 12.2 Å². The van der Waals surface area contributed by atoms with Crippen molar-refractivity contribution in [2.24, 2.45) is 17.7 Å². The van der Waals surface area contributed by atoms with Crippen molar-refractivity contribution in [3.8, 4) is 0 Å². The predicted molar refractivity (Wildman–Crippen MR) is 73.7 cm³/mol. The summed E-state index contributed by atoms with van der Waals surface area (Å²) in [5.41, 5.74) is 2.92. The van der Waals surface area contributed by atoms with E-state index in [-0.39, 0.29) is 6.04 Å². The van der Waals surface area contributed by atoms with E-state index in [2.05, 4.69) is 43.2 Å². The smallest absolute Gasteiger partial charge is 0.138 e. The predicted octanol–water partition coefficient (Wildman–Crippen LogP) is 1.74. The van der Waals surface area contributed by atoms with Gasteiger partial charge in [0.1, 0.15) is 12.2 Å². The van der Waals surface area contributed by atoms with Gasteiger partial charge in [-0.05, 0) is 18.3 Å². The summed E-state index contributed by atoms with van der Waals surface area (Å²) in [6, 6.07) is 0.264. The molecule has 0 aliphatic rings. The maximum Gasteiger partial charge on any atom is 0.138 e. The molecule has 0 aliphatic carbocycles. The Morgan fingerprint density at radius 3 is 2.67 bits per heavy atom. The highest BCUT2D eigenvalue weighted by Crippen LogP contribution is 2.14. The first kappa shape index (κ1) is 15.1. The van der Waals surface area contributed by atoms with Crippen LogP contribution in [0.1, 0.15) is 46.4 Å². The standard InChI is InChI=1S/C13H27N5/c1-5-6-11(4)12(17-14)7-13-15-9-16-18(13)8-10(2)3/h9-12,17H,5-8,14H2,1-4H3. The Morgan fingerprint density at radius 1 is 1.39 bits per heavy atom. The summed E-state index contributed by atoms with van der Waals surface area (Å²) < 4.78 is 1.99. The Hall–Kier alpha value is -0.940. The highest BCUT2D eigenvalue weighted by Gasteiger charge is 2.18. The molecule has 0 saturated heterocycles. The third-order valence-corrected chi connectivity index (χ3v) is 3.28. The molecule has 5 heteroatoms. The van der Waals surface area contributed by atoms with Gasteiger partial charge in [0.25, 0.3) is 0 Å². The first-order chi connectivity index (χ1) is 8.58. The molecule has 0 radical (unpaired) electrons. The zero-order valence-electron chi connectivity index (χ0n) is 12.1. The Bertz CT molecular complexity index is 334. The molecule has 0 aromatic carbocycles. The van der Waals surface area contributed by atoms with Gasteiger partial charge in [0, 0.05) is 19.0 Å². The molecule has 0 fully saturated rings. The second kappa shape index (κ2) is 7.48. The first-order valence-electron chi connectivity index (χ1n) is 6.91. The molecule has 0 aliphatic heterocycles. The van der Waals surface area contributed by atoms with E-state index in [0.29, 0.717) is 11.8 Å². The lowest BCUT2D eigenvalue weighted by Gasteiger charge is -2.22. The minimum atomic E-state index is 0.264. The molecule has 0 bridgehead atoms. The second-order valence-corrected chi connectivity index (χ2v) is 5.50. The quantitative estimate of drug-likeness (QED) is 0.547. The van der Waals surface area contributed by atoms with Crippen LogP contribution in [0.25, 0.3) is 0 Å². The molecule has 1 heterocycles. The highest BCUT2D eigenvalue weighted by atomic mass is 15.3. The summed E-state index contributed by atoms with van der Waals surface area (Å²) in [5.74, 6) is 7.80. The van der Waals surface area contributed by atoms with Gasteiger partial charge in [0.15, 0.2) is 0 Å². The van der Waals surface area contributed by atoms with Gasteiger partial charge in [-0.2, -0.15) is 5.10 Å². The molecule has 3 N–H and O–H groups in total. The van der Waals surface area contributed by atoms with Crippen molar-refractivity contribution < 1.29 is 0 Å². The van der Waals surface area contributed by atoms with Crippen LogP contribution in [-0.4, -0.2) is 20.8 Å². The lowest BCUT2D eigenvalue weighted by molar-refractivity contribution is 0.343. The van der Waals surface area contributed by atoms with Crippen molar-refractivity contribution >= 4 is 0 Å². The lowest BCUT2D eigenvalue weighted by Crippen LogP contribution is -2.42. The average molecular weight is 253 g/mol. The van der Waals surface area contributed by atoms with Crippen molar-refractivity contribution in [2.75, 3.05) is 0 Å². The van der Waals surface area contributed by atoms with E-state index >= 15 is 0 Å². The molecule has 1 aromatic heterocycles. The van der Waals surface area contributed by atoms with Crippen LogP contribution in [0.3, 0.4) is 0 Å². The molecule has 1 rings (SSSR count). The summed E-state index contributed by atoms with van der Waals surface area (Å²) in [7, 11) is 0. The fraction of sp³-hybridized carbons (Fsp3) is 0.846. The number of hydrogen-bond donors (Lipinski definition) is 2. The number of nitrogens with zero attached hydrogens (tertiary/aromatic N) is 3. The fourth-order valence-electron chi connectivity index (χ4n) is 2.22. The molecule has 1 aromatic rings. The molecule has 104 valence electrons. The second-order valence-electron chi connectivity index (χ2n) is 5.50. The molecule has 0 saturated carbocycles. The van der Waals surface area contributed by atoms with E-state index in [4.69, 9.17) is 5.84 Å². The van der Waals surface area contributed by atoms with Crippen molar-refractivity contribution in [3.63, 3.8) is 0 Å². The van der Waals surface area contributed by atoms with E-state index in [1.165, 1.54) is 12.8 Å². The maximum atomic E-state index is 5.66. The van der Waals surface area contributed by atoms with E-state index < -0.39 is 0 Å². The lowest BCUT2D eigenvalue weighted by atomic mass is 9.94. The van der Waals surface area contributed by atoms with Gasteiger partial charge in [-0.15, -0.1) is 0 Å². The van der Waals surface area contributed by atoms with Gasteiger partial charge in [-0.1, -0.05) is 34.1 Å². The van der Waals surface area contributed by atoms with E-state index in [9.17, 15) is 0 Å². The molecule has 18 heavy (non-hydrogen) atoms. The largest absolute Gasteiger partial charge is 0.271 e. The summed E-state index contributed by atoms with van der Waals surface area (Å²) >= 11 is 0. The fourth-order valence-corrected chi connectivity index (χ4v) is 2.22. The van der Waals surface area contributed by atoms with Crippen LogP contribution in [0.15, 0.2) is 6.33 Å². The number of nitrogens with two attached hydrogens (primary N) is 1. The van der Waals surface area contributed by atoms with E-state index in [1.54, 1.807) is 6.33 Å². The highest BCUT2D eigenvalue weighted by molar-refractivity contribution is 4.91. The Kier molecular flexibility index (Phi) is 6.29. The SMILES string of the molecule is CCCC(C)C(Cc1ncnn1CC(C)C)NN. The minimum Gasteiger partial charge on any atom is -0.271 e. The minimum absolute atomic E-state index is 0.264. The van der Waals surface area contributed by atoms with E-state index in [0.717, 1.165) is 18.8 Å². The third-order valence-electron chi connectivity index (χ3n) is 3.28. The summed E-state index contributed by atoms with van der Waals surface area (Å²) in [5, 5.41) is 4.29. The number of rotatable bonds is 8. The van der Waals surface area contributed by atoms with Crippen LogP contribution in [0, 0.1) is 11.8 Å². The molecular weight excluding hydrogens is 226 g/mol. The Labute approximate surface area is 110 Å². The van der Waals surface area contributed by atoms with Gasteiger partial charge in [-0.25, -0.2) is 9.67 Å². The maximum absolute atomic E-state index is 5.66. The monoisotopic (exact) mass is 253 g/mol. The van der Waals surface area contributed by atoms with Gasteiger partial charge in [0.05, 0.1) is 0 Å². The van der Waals surface area contributed by atoms with Crippen molar-refractivity contribution in [2.45, 2.75) is 59.5 Å². The van der Waals surface area contributed by atoms with Crippen LogP contribution in [0.4, 0.5) is 0 Å².